The number of benzene rings is 2. The number of hydrogen-bond acceptors (Lipinski definition) is 5. The Kier molecular flexibility index (Phi) is 5.70. The fourth-order valence-corrected chi connectivity index (χ4v) is 2.88. The fraction of sp³-hybridized carbons (Fsp3) is 0.263. The first-order valence-corrected chi connectivity index (χ1v) is 8.52. The maximum Gasteiger partial charge on any atom is 0.325 e. The molecule has 3 N–H and O–H groups in total. The minimum Gasteiger partial charge on any atom is -0.508 e. The van der Waals surface area contributed by atoms with Gasteiger partial charge in [-0.25, -0.2) is 4.79 Å². The number of nitrogens with one attached hydrogen (secondary N) is 2. The van der Waals surface area contributed by atoms with Crippen molar-refractivity contribution in [3.8, 4) is 5.75 Å². The summed E-state index contributed by atoms with van der Waals surface area (Å²) in [4.78, 5) is 28.1. The van der Waals surface area contributed by atoms with Crippen molar-refractivity contribution >= 4 is 23.3 Å². The van der Waals surface area contributed by atoms with Crippen LogP contribution in [0.5, 0.6) is 5.75 Å². The van der Waals surface area contributed by atoms with E-state index in [-0.39, 0.29) is 18.2 Å². The highest BCUT2D eigenvalue weighted by molar-refractivity contribution is 6.01. The smallest absolute Gasteiger partial charge is 0.325 e. The number of imide groups is 1. The van der Waals surface area contributed by atoms with Gasteiger partial charge < -0.3 is 15.3 Å². The summed E-state index contributed by atoms with van der Waals surface area (Å²) in [5.74, 6) is -0.0747. The second kappa shape index (κ2) is 8.35. The Morgan fingerprint density at radius 2 is 1.58 bits per heavy atom. The molecule has 2 aromatic rings. The minimum absolute atomic E-state index is 0.186. The summed E-state index contributed by atoms with van der Waals surface area (Å²) >= 11 is 0. The van der Waals surface area contributed by atoms with Crippen molar-refractivity contribution in [2.45, 2.75) is 0 Å². The molecule has 0 bridgehead atoms. The molecule has 3 amide bonds. The number of phenolic OH excluding ortho intramolecular Hbond substituents is 1. The topological polar surface area (TPSA) is 84.9 Å². The van der Waals surface area contributed by atoms with Crippen molar-refractivity contribution in [2.24, 2.45) is 0 Å². The lowest BCUT2D eigenvalue weighted by atomic mass is 10.2. The molecule has 2 aromatic carbocycles. The SMILES string of the molecule is O=C(CN1CCN(c2ccc(O)cc2)CC1)NC(=O)Nc1ccccc1. The predicted octanol–water partition coefficient (Wildman–Crippen LogP) is 1.86. The quantitative estimate of drug-likeness (QED) is 0.780. The minimum atomic E-state index is -0.524. The van der Waals surface area contributed by atoms with Gasteiger partial charge in [0.25, 0.3) is 0 Å². The van der Waals surface area contributed by atoms with Gasteiger partial charge in [-0.2, -0.15) is 0 Å². The van der Waals surface area contributed by atoms with Crippen LogP contribution in [0.3, 0.4) is 0 Å². The van der Waals surface area contributed by atoms with Crippen LogP contribution in [0.1, 0.15) is 0 Å². The van der Waals surface area contributed by atoms with E-state index in [9.17, 15) is 14.7 Å². The van der Waals surface area contributed by atoms with Crippen molar-refractivity contribution < 1.29 is 14.7 Å². The van der Waals surface area contributed by atoms with Gasteiger partial charge in [-0.1, -0.05) is 18.2 Å². The van der Waals surface area contributed by atoms with E-state index in [1.165, 1.54) is 0 Å². The van der Waals surface area contributed by atoms with Crippen LogP contribution < -0.4 is 15.5 Å². The number of anilines is 2. The number of carbonyl (C=O) groups is 2. The molecule has 1 heterocycles. The second-order valence-electron chi connectivity index (χ2n) is 6.15. The highest BCUT2D eigenvalue weighted by atomic mass is 16.3. The summed E-state index contributed by atoms with van der Waals surface area (Å²) in [6.07, 6.45) is 0. The first-order chi connectivity index (χ1) is 12.6. The van der Waals surface area contributed by atoms with E-state index in [1.807, 2.05) is 35.2 Å². The molecule has 1 saturated heterocycles. The van der Waals surface area contributed by atoms with Crippen LogP contribution in [0.15, 0.2) is 54.6 Å². The summed E-state index contributed by atoms with van der Waals surface area (Å²) in [7, 11) is 0. The monoisotopic (exact) mass is 354 g/mol. The van der Waals surface area contributed by atoms with Gasteiger partial charge in [0, 0.05) is 37.6 Å². The number of aromatic hydroxyl groups is 1. The van der Waals surface area contributed by atoms with Crippen LogP contribution in [0.2, 0.25) is 0 Å². The van der Waals surface area contributed by atoms with Crippen LogP contribution in [-0.4, -0.2) is 54.7 Å². The molecule has 0 saturated carbocycles. The molecule has 3 rings (SSSR count). The Bertz CT molecular complexity index is 741. The van der Waals surface area contributed by atoms with Gasteiger partial charge in [-0.15, -0.1) is 0 Å². The maximum atomic E-state index is 12.0. The van der Waals surface area contributed by atoms with E-state index in [1.54, 1.807) is 24.3 Å². The molecule has 0 spiro atoms. The summed E-state index contributed by atoms with van der Waals surface area (Å²) in [5.41, 5.74) is 1.69. The lowest BCUT2D eigenvalue weighted by Crippen LogP contribution is -2.50. The summed E-state index contributed by atoms with van der Waals surface area (Å²) in [6.45, 7) is 3.22. The Hall–Kier alpha value is -3.06. The van der Waals surface area contributed by atoms with E-state index >= 15 is 0 Å². The predicted molar refractivity (Wildman–Crippen MR) is 100 cm³/mol. The Morgan fingerprint density at radius 1 is 0.923 bits per heavy atom. The zero-order valence-electron chi connectivity index (χ0n) is 14.4. The third-order valence-electron chi connectivity index (χ3n) is 4.24. The van der Waals surface area contributed by atoms with E-state index in [0.717, 1.165) is 31.9 Å². The number of nitrogens with zero attached hydrogens (tertiary/aromatic N) is 2. The number of piperazine rings is 1. The molecule has 0 atom stereocenters. The molecule has 7 nitrogen and oxygen atoms in total. The molecule has 1 aliphatic rings. The zero-order valence-corrected chi connectivity index (χ0v) is 14.4. The number of para-hydroxylation sites is 1. The third-order valence-corrected chi connectivity index (χ3v) is 4.24. The average Bonchev–Trinajstić information content (AvgIpc) is 2.64. The second-order valence-corrected chi connectivity index (χ2v) is 6.15. The van der Waals surface area contributed by atoms with Gasteiger partial charge >= 0.3 is 6.03 Å². The number of rotatable bonds is 4. The number of amides is 3. The van der Waals surface area contributed by atoms with Gasteiger partial charge in [0.2, 0.25) is 5.91 Å². The molecule has 0 unspecified atom stereocenters. The molecular formula is C19H22N4O3. The van der Waals surface area contributed by atoms with E-state index in [0.29, 0.717) is 5.69 Å². The van der Waals surface area contributed by atoms with Crippen molar-refractivity contribution in [3.05, 3.63) is 54.6 Å². The van der Waals surface area contributed by atoms with E-state index < -0.39 is 6.03 Å². The third kappa shape index (κ3) is 4.97. The standard InChI is InChI=1S/C19H22N4O3/c24-17-8-6-16(7-9-17)23-12-10-22(11-13-23)14-18(25)21-19(26)20-15-4-2-1-3-5-15/h1-9,24H,10-14H2,(H2,20,21,25,26). The number of carbonyl (C=O) groups excluding carboxylic acids is 2. The average molecular weight is 354 g/mol. The Balaban J connectivity index is 1.41. The van der Waals surface area contributed by atoms with Gasteiger partial charge in [-0.05, 0) is 36.4 Å². The number of phenols is 1. The summed E-state index contributed by atoms with van der Waals surface area (Å²) in [6, 6.07) is 15.6. The molecule has 1 aliphatic heterocycles. The van der Waals surface area contributed by atoms with Crippen molar-refractivity contribution in [2.75, 3.05) is 42.9 Å². The number of urea groups is 1. The largest absolute Gasteiger partial charge is 0.508 e. The van der Waals surface area contributed by atoms with Gasteiger partial charge in [0.15, 0.2) is 0 Å². The molecule has 0 radical (unpaired) electrons. The summed E-state index contributed by atoms with van der Waals surface area (Å²) < 4.78 is 0. The van der Waals surface area contributed by atoms with E-state index in [2.05, 4.69) is 15.5 Å². The fourth-order valence-electron chi connectivity index (χ4n) is 2.88. The molecule has 0 aliphatic carbocycles. The lowest BCUT2D eigenvalue weighted by Gasteiger charge is -2.35. The molecule has 136 valence electrons. The normalized spacial score (nSPS) is 14.7. The highest BCUT2D eigenvalue weighted by Crippen LogP contribution is 2.19. The first-order valence-electron chi connectivity index (χ1n) is 8.52. The molecule has 26 heavy (non-hydrogen) atoms. The Morgan fingerprint density at radius 3 is 2.23 bits per heavy atom. The number of hydrogen-bond donors (Lipinski definition) is 3. The summed E-state index contributed by atoms with van der Waals surface area (Å²) in [5, 5.41) is 14.3. The van der Waals surface area contributed by atoms with Crippen LogP contribution in [0.4, 0.5) is 16.2 Å². The van der Waals surface area contributed by atoms with Crippen LogP contribution in [-0.2, 0) is 4.79 Å². The zero-order chi connectivity index (χ0) is 18.4. The van der Waals surface area contributed by atoms with Crippen molar-refractivity contribution in [3.63, 3.8) is 0 Å². The van der Waals surface area contributed by atoms with E-state index in [4.69, 9.17) is 0 Å². The van der Waals surface area contributed by atoms with Crippen LogP contribution >= 0.6 is 0 Å². The van der Waals surface area contributed by atoms with Crippen LogP contribution in [0, 0.1) is 0 Å². The van der Waals surface area contributed by atoms with Gasteiger partial charge in [0.1, 0.15) is 5.75 Å². The maximum absolute atomic E-state index is 12.0. The van der Waals surface area contributed by atoms with Crippen LogP contribution in [0.25, 0.3) is 0 Å². The van der Waals surface area contributed by atoms with Crippen molar-refractivity contribution in [1.29, 1.82) is 0 Å². The van der Waals surface area contributed by atoms with Gasteiger partial charge in [0.05, 0.1) is 6.54 Å². The molecule has 0 aromatic heterocycles. The first kappa shape index (κ1) is 17.8. The molecular weight excluding hydrogens is 332 g/mol. The Labute approximate surface area is 152 Å². The lowest BCUT2D eigenvalue weighted by molar-refractivity contribution is -0.121. The molecule has 1 fully saturated rings. The highest BCUT2D eigenvalue weighted by Gasteiger charge is 2.20. The molecule has 7 heteroatoms. The van der Waals surface area contributed by atoms with Gasteiger partial charge in [-0.3, -0.25) is 15.0 Å². The van der Waals surface area contributed by atoms with Crippen molar-refractivity contribution in [1.82, 2.24) is 10.2 Å².